The van der Waals surface area contributed by atoms with Crippen LogP contribution < -0.4 is 4.72 Å². The summed E-state index contributed by atoms with van der Waals surface area (Å²) in [6, 6.07) is 5.17. The zero-order valence-corrected chi connectivity index (χ0v) is 12.4. The molecule has 1 aromatic heterocycles. The lowest BCUT2D eigenvalue weighted by Gasteiger charge is -2.22. The molecule has 0 amide bonds. The molecule has 0 aliphatic heterocycles. The third kappa shape index (κ3) is 2.58. The third-order valence-electron chi connectivity index (χ3n) is 3.93. The summed E-state index contributed by atoms with van der Waals surface area (Å²) in [6.45, 7) is 0. The normalized spacial score (nSPS) is 17.6. The van der Waals surface area contributed by atoms with Gasteiger partial charge in [0.1, 0.15) is 0 Å². The summed E-state index contributed by atoms with van der Waals surface area (Å²) >= 11 is 0. The standard InChI is InChI=1S/C14H19N3O2S/c1-17-10-15-13-9-12(7-8-14(13)17)20(18,19)16-11-5-3-2-4-6-11/h7-11,16H,2-6H2,1H3. The number of nitrogens with zero attached hydrogens (tertiary/aromatic N) is 2. The topological polar surface area (TPSA) is 64.0 Å². The molecule has 1 aliphatic rings. The van der Waals surface area contributed by atoms with E-state index >= 15 is 0 Å². The molecular formula is C14H19N3O2S. The second kappa shape index (κ2) is 5.18. The lowest BCUT2D eigenvalue weighted by atomic mass is 9.96. The van der Waals surface area contributed by atoms with Crippen molar-refractivity contribution in [1.29, 1.82) is 0 Å². The average Bonchev–Trinajstić information content (AvgIpc) is 2.81. The molecule has 1 aliphatic carbocycles. The number of aromatic nitrogens is 2. The maximum absolute atomic E-state index is 12.4. The van der Waals surface area contributed by atoms with Gasteiger partial charge in [-0.25, -0.2) is 18.1 Å². The highest BCUT2D eigenvalue weighted by Gasteiger charge is 2.22. The van der Waals surface area contributed by atoms with Crippen molar-refractivity contribution in [2.45, 2.75) is 43.0 Å². The molecule has 6 heteroatoms. The highest BCUT2D eigenvalue weighted by molar-refractivity contribution is 7.89. The fraction of sp³-hybridized carbons (Fsp3) is 0.500. The smallest absolute Gasteiger partial charge is 0.240 e. The molecule has 1 N–H and O–H groups in total. The summed E-state index contributed by atoms with van der Waals surface area (Å²) in [5, 5.41) is 0. The van der Waals surface area contributed by atoms with E-state index in [2.05, 4.69) is 9.71 Å². The zero-order chi connectivity index (χ0) is 14.2. The van der Waals surface area contributed by atoms with Crippen molar-refractivity contribution in [1.82, 2.24) is 14.3 Å². The van der Waals surface area contributed by atoms with Crippen molar-refractivity contribution in [2.75, 3.05) is 0 Å². The first-order valence-corrected chi connectivity index (χ1v) is 8.48. The Bertz CT molecular complexity index is 715. The first-order chi connectivity index (χ1) is 9.56. The first-order valence-electron chi connectivity index (χ1n) is 7.00. The fourth-order valence-corrected chi connectivity index (χ4v) is 4.12. The first kappa shape index (κ1) is 13.6. The predicted octanol–water partition coefficient (Wildman–Crippen LogP) is 2.18. The van der Waals surface area contributed by atoms with E-state index in [0.29, 0.717) is 10.4 Å². The Labute approximate surface area is 119 Å². The zero-order valence-electron chi connectivity index (χ0n) is 11.5. The molecule has 5 nitrogen and oxygen atoms in total. The van der Waals surface area contributed by atoms with E-state index in [9.17, 15) is 8.42 Å². The van der Waals surface area contributed by atoms with E-state index < -0.39 is 10.0 Å². The van der Waals surface area contributed by atoms with Gasteiger partial charge in [0, 0.05) is 13.1 Å². The van der Waals surface area contributed by atoms with Crippen molar-refractivity contribution < 1.29 is 8.42 Å². The van der Waals surface area contributed by atoms with E-state index in [4.69, 9.17) is 0 Å². The molecule has 2 aromatic rings. The summed E-state index contributed by atoms with van der Waals surface area (Å²) in [5.41, 5.74) is 1.64. The monoisotopic (exact) mass is 293 g/mol. The molecule has 1 saturated carbocycles. The van der Waals surface area contributed by atoms with E-state index in [1.807, 2.05) is 11.6 Å². The third-order valence-corrected chi connectivity index (χ3v) is 5.45. The number of nitrogens with one attached hydrogen (secondary N) is 1. The van der Waals surface area contributed by atoms with E-state index in [-0.39, 0.29) is 6.04 Å². The number of sulfonamides is 1. The van der Waals surface area contributed by atoms with Gasteiger partial charge in [-0.05, 0) is 31.0 Å². The number of fused-ring (bicyclic) bond motifs is 1. The lowest BCUT2D eigenvalue weighted by molar-refractivity contribution is 0.412. The van der Waals surface area contributed by atoms with Gasteiger partial charge in [-0.2, -0.15) is 0 Å². The van der Waals surface area contributed by atoms with E-state index in [1.165, 1.54) is 6.42 Å². The summed E-state index contributed by atoms with van der Waals surface area (Å²) in [5.74, 6) is 0. The summed E-state index contributed by atoms with van der Waals surface area (Å²) in [7, 11) is -1.55. The quantitative estimate of drug-likeness (QED) is 0.943. The van der Waals surface area contributed by atoms with Crippen LogP contribution in [0.15, 0.2) is 29.4 Å². The molecular weight excluding hydrogens is 274 g/mol. The van der Waals surface area contributed by atoms with Gasteiger partial charge in [-0.3, -0.25) is 0 Å². The maximum atomic E-state index is 12.4. The number of hydrogen-bond donors (Lipinski definition) is 1. The Morgan fingerprint density at radius 2 is 2.00 bits per heavy atom. The largest absolute Gasteiger partial charge is 0.334 e. The number of benzene rings is 1. The van der Waals surface area contributed by atoms with Crippen molar-refractivity contribution in [3.63, 3.8) is 0 Å². The average molecular weight is 293 g/mol. The summed E-state index contributed by atoms with van der Waals surface area (Å²) in [4.78, 5) is 4.51. The van der Waals surface area contributed by atoms with Crippen LogP contribution in [0.5, 0.6) is 0 Å². The maximum Gasteiger partial charge on any atom is 0.240 e. The van der Waals surface area contributed by atoms with Gasteiger partial charge in [-0.15, -0.1) is 0 Å². The molecule has 1 aromatic carbocycles. The van der Waals surface area contributed by atoms with Crippen LogP contribution in [0.1, 0.15) is 32.1 Å². The molecule has 0 unspecified atom stereocenters. The van der Waals surface area contributed by atoms with Crippen molar-refractivity contribution >= 4 is 21.1 Å². The Kier molecular flexibility index (Phi) is 3.52. The van der Waals surface area contributed by atoms with Gasteiger partial charge in [0.2, 0.25) is 10.0 Å². The Balaban J connectivity index is 1.88. The molecule has 108 valence electrons. The predicted molar refractivity (Wildman–Crippen MR) is 77.9 cm³/mol. The van der Waals surface area contributed by atoms with Gasteiger partial charge in [-0.1, -0.05) is 19.3 Å². The van der Waals surface area contributed by atoms with Crippen molar-refractivity contribution in [2.24, 2.45) is 7.05 Å². The van der Waals surface area contributed by atoms with Crippen LogP contribution in [-0.2, 0) is 17.1 Å². The SMILES string of the molecule is Cn1cnc2cc(S(=O)(=O)NC3CCCCC3)ccc21. The second-order valence-corrected chi connectivity index (χ2v) is 7.18. The van der Waals surface area contributed by atoms with E-state index in [1.54, 1.807) is 24.5 Å². The number of hydrogen-bond acceptors (Lipinski definition) is 3. The van der Waals surface area contributed by atoms with Crippen LogP contribution in [0.2, 0.25) is 0 Å². The molecule has 0 spiro atoms. The minimum atomic E-state index is -3.44. The Morgan fingerprint density at radius 1 is 1.25 bits per heavy atom. The van der Waals surface area contributed by atoms with Crippen LogP contribution >= 0.6 is 0 Å². The lowest BCUT2D eigenvalue weighted by Crippen LogP contribution is -2.36. The number of rotatable bonds is 3. The van der Waals surface area contributed by atoms with Crippen LogP contribution in [-0.4, -0.2) is 24.0 Å². The van der Waals surface area contributed by atoms with Gasteiger partial charge >= 0.3 is 0 Å². The minimum absolute atomic E-state index is 0.0770. The highest BCUT2D eigenvalue weighted by atomic mass is 32.2. The van der Waals surface area contributed by atoms with Crippen LogP contribution in [0.3, 0.4) is 0 Å². The number of aryl methyl sites for hydroxylation is 1. The Hall–Kier alpha value is -1.40. The minimum Gasteiger partial charge on any atom is -0.334 e. The van der Waals surface area contributed by atoms with Gasteiger partial charge < -0.3 is 4.57 Å². The number of imidazole rings is 1. The van der Waals surface area contributed by atoms with Crippen LogP contribution in [0, 0.1) is 0 Å². The molecule has 0 atom stereocenters. The molecule has 3 rings (SSSR count). The van der Waals surface area contributed by atoms with E-state index in [0.717, 1.165) is 31.2 Å². The molecule has 0 bridgehead atoms. The molecule has 20 heavy (non-hydrogen) atoms. The second-order valence-electron chi connectivity index (χ2n) is 5.46. The fourth-order valence-electron chi connectivity index (χ4n) is 2.79. The molecule has 0 saturated heterocycles. The van der Waals surface area contributed by atoms with Crippen LogP contribution in [0.4, 0.5) is 0 Å². The highest BCUT2D eigenvalue weighted by Crippen LogP contribution is 2.21. The van der Waals surface area contributed by atoms with Gasteiger partial charge in [0.15, 0.2) is 0 Å². The van der Waals surface area contributed by atoms with Crippen molar-refractivity contribution in [3.8, 4) is 0 Å². The summed E-state index contributed by atoms with van der Waals surface area (Å²) < 4.78 is 29.5. The van der Waals surface area contributed by atoms with Crippen LogP contribution in [0.25, 0.3) is 11.0 Å². The Morgan fingerprint density at radius 3 is 2.75 bits per heavy atom. The molecule has 1 fully saturated rings. The van der Waals surface area contributed by atoms with Crippen molar-refractivity contribution in [3.05, 3.63) is 24.5 Å². The molecule has 1 heterocycles. The summed E-state index contributed by atoms with van der Waals surface area (Å²) in [6.07, 6.45) is 6.97. The molecule has 0 radical (unpaired) electrons. The van der Waals surface area contributed by atoms with Gasteiger partial charge in [0.05, 0.1) is 22.3 Å². The van der Waals surface area contributed by atoms with Gasteiger partial charge in [0.25, 0.3) is 0 Å².